The van der Waals surface area contributed by atoms with Crippen molar-refractivity contribution in [3.05, 3.63) is 35.4 Å². The van der Waals surface area contributed by atoms with Gasteiger partial charge >= 0.3 is 0 Å². The van der Waals surface area contributed by atoms with E-state index in [0.717, 1.165) is 6.54 Å². The van der Waals surface area contributed by atoms with E-state index in [4.69, 9.17) is 0 Å². The Balaban J connectivity index is 2.12. The smallest absolute Gasteiger partial charge is 0.0379 e. The van der Waals surface area contributed by atoms with Crippen LogP contribution in [0.25, 0.3) is 6.08 Å². The number of allylic oxidation sites excluding steroid dienone is 1. The first kappa shape index (κ1) is 9.32. The topological polar surface area (TPSA) is 12.0 Å². The van der Waals surface area contributed by atoms with Crippen LogP contribution >= 0.6 is 0 Å². The summed E-state index contributed by atoms with van der Waals surface area (Å²) in [6.07, 6.45) is 8.03. The van der Waals surface area contributed by atoms with Gasteiger partial charge in [-0.15, -0.1) is 0 Å². The lowest BCUT2D eigenvalue weighted by molar-refractivity contribution is 0.962. The fourth-order valence-corrected chi connectivity index (χ4v) is 1.80. The molecule has 74 valence electrons. The van der Waals surface area contributed by atoms with Gasteiger partial charge in [0.2, 0.25) is 0 Å². The fraction of sp³-hybridized carbons (Fsp3) is 0.385. The molecule has 1 aromatic carbocycles. The van der Waals surface area contributed by atoms with Crippen LogP contribution in [-0.4, -0.2) is 6.54 Å². The van der Waals surface area contributed by atoms with Gasteiger partial charge in [-0.3, -0.25) is 0 Å². The molecule has 0 bridgehead atoms. The van der Waals surface area contributed by atoms with Gasteiger partial charge in [-0.1, -0.05) is 37.6 Å². The van der Waals surface area contributed by atoms with Crippen molar-refractivity contribution in [1.29, 1.82) is 0 Å². The molecule has 0 spiro atoms. The summed E-state index contributed by atoms with van der Waals surface area (Å²) in [6, 6.07) is 6.69. The highest BCUT2D eigenvalue weighted by Gasteiger charge is 2.08. The Morgan fingerprint density at radius 1 is 1.43 bits per heavy atom. The Hall–Kier alpha value is -1.24. The lowest BCUT2D eigenvalue weighted by atomic mass is 10.1. The number of nitrogens with one attached hydrogen (secondary N) is 1. The monoisotopic (exact) mass is 187 g/mol. The summed E-state index contributed by atoms with van der Waals surface area (Å²) in [5.74, 6) is 0. The van der Waals surface area contributed by atoms with Crippen LogP contribution in [0.15, 0.2) is 24.3 Å². The molecule has 0 atom stereocenters. The van der Waals surface area contributed by atoms with Gasteiger partial charge in [0, 0.05) is 12.2 Å². The minimum absolute atomic E-state index is 1.09. The molecule has 0 aromatic heterocycles. The maximum absolute atomic E-state index is 3.40. The highest BCUT2D eigenvalue weighted by Crippen LogP contribution is 2.23. The second kappa shape index (κ2) is 4.32. The minimum atomic E-state index is 1.09. The van der Waals surface area contributed by atoms with Gasteiger partial charge in [0.25, 0.3) is 0 Å². The molecule has 0 fully saturated rings. The molecular weight excluding hydrogens is 170 g/mol. The van der Waals surface area contributed by atoms with Crippen molar-refractivity contribution in [3.63, 3.8) is 0 Å². The van der Waals surface area contributed by atoms with E-state index in [1.165, 1.54) is 36.1 Å². The van der Waals surface area contributed by atoms with Gasteiger partial charge in [-0.2, -0.15) is 0 Å². The molecule has 0 saturated heterocycles. The Bertz CT molecular complexity index is 339. The summed E-state index contributed by atoms with van der Waals surface area (Å²) in [7, 11) is 0. The average molecular weight is 187 g/mol. The van der Waals surface area contributed by atoms with Crippen molar-refractivity contribution in [2.24, 2.45) is 0 Å². The Morgan fingerprint density at radius 3 is 3.21 bits per heavy atom. The lowest BCUT2D eigenvalue weighted by Crippen LogP contribution is -1.90. The van der Waals surface area contributed by atoms with Gasteiger partial charge in [-0.25, -0.2) is 0 Å². The van der Waals surface area contributed by atoms with E-state index in [0.29, 0.717) is 0 Å². The van der Waals surface area contributed by atoms with Crippen LogP contribution < -0.4 is 5.32 Å². The quantitative estimate of drug-likeness (QED) is 0.764. The molecule has 1 aromatic rings. The standard InChI is InChI=1S/C13H17N/c1-2-3-4-5-11-6-7-12-8-9-14-13(12)10-11/h4-7,10,14H,2-3,8-9H2,1H3. The molecular formula is C13H17N. The lowest BCUT2D eigenvalue weighted by Gasteiger charge is -2.00. The Morgan fingerprint density at radius 2 is 2.36 bits per heavy atom. The zero-order chi connectivity index (χ0) is 9.80. The summed E-state index contributed by atoms with van der Waals surface area (Å²) < 4.78 is 0. The number of anilines is 1. The third kappa shape index (κ3) is 1.98. The zero-order valence-corrected chi connectivity index (χ0v) is 8.72. The summed E-state index contributed by atoms with van der Waals surface area (Å²) in [6.45, 7) is 3.30. The molecule has 0 radical (unpaired) electrons. The van der Waals surface area contributed by atoms with E-state index in [1.54, 1.807) is 0 Å². The molecule has 1 heterocycles. The molecule has 1 aliphatic rings. The van der Waals surface area contributed by atoms with Crippen molar-refractivity contribution in [1.82, 2.24) is 0 Å². The van der Waals surface area contributed by atoms with Crippen LogP contribution in [0.5, 0.6) is 0 Å². The van der Waals surface area contributed by atoms with Gasteiger partial charge < -0.3 is 5.32 Å². The number of rotatable bonds is 3. The van der Waals surface area contributed by atoms with E-state index in [-0.39, 0.29) is 0 Å². The van der Waals surface area contributed by atoms with Gasteiger partial charge in [0.05, 0.1) is 0 Å². The van der Waals surface area contributed by atoms with Crippen molar-refractivity contribution in [2.75, 3.05) is 11.9 Å². The fourth-order valence-electron chi connectivity index (χ4n) is 1.80. The third-order valence-electron chi connectivity index (χ3n) is 2.61. The molecule has 0 aliphatic carbocycles. The maximum atomic E-state index is 3.40. The average Bonchev–Trinajstić information content (AvgIpc) is 2.65. The largest absolute Gasteiger partial charge is 0.384 e. The van der Waals surface area contributed by atoms with Crippen LogP contribution in [0.3, 0.4) is 0 Å². The highest BCUT2D eigenvalue weighted by atomic mass is 14.9. The molecule has 1 N–H and O–H groups in total. The van der Waals surface area contributed by atoms with Crippen molar-refractivity contribution >= 4 is 11.8 Å². The van der Waals surface area contributed by atoms with Crippen LogP contribution in [0.1, 0.15) is 30.9 Å². The van der Waals surface area contributed by atoms with Gasteiger partial charge in [-0.05, 0) is 30.0 Å². The molecule has 1 heteroatoms. The SMILES string of the molecule is CCCC=Cc1ccc2c(c1)NCC2. The molecule has 2 rings (SSSR count). The molecule has 14 heavy (non-hydrogen) atoms. The van der Waals surface area contributed by atoms with Gasteiger partial charge in [0.1, 0.15) is 0 Å². The normalized spacial score (nSPS) is 14.4. The summed E-state index contributed by atoms with van der Waals surface area (Å²) in [4.78, 5) is 0. The summed E-state index contributed by atoms with van der Waals surface area (Å²) >= 11 is 0. The van der Waals surface area contributed by atoms with Crippen LogP contribution in [0.2, 0.25) is 0 Å². The van der Waals surface area contributed by atoms with Crippen LogP contribution in [0, 0.1) is 0 Å². The first-order valence-corrected chi connectivity index (χ1v) is 5.43. The van der Waals surface area contributed by atoms with Crippen LogP contribution in [0.4, 0.5) is 5.69 Å². The van der Waals surface area contributed by atoms with Crippen molar-refractivity contribution in [2.45, 2.75) is 26.2 Å². The maximum Gasteiger partial charge on any atom is 0.0379 e. The molecule has 1 nitrogen and oxygen atoms in total. The second-order valence-electron chi connectivity index (χ2n) is 3.78. The summed E-state index contributed by atoms with van der Waals surface area (Å²) in [5.41, 5.74) is 4.09. The first-order chi connectivity index (χ1) is 6.90. The first-order valence-electron chi connectivity index (χ1n) is 5.43. The van der Waals surface area contributed by atoms with Crippen molar-refractivity contribution in [3.8, 4) is 0 Å². The zero-order valence-electron chi connectivity index (χ0n) is 8.72. The molecule has 0 saturated carbocycles. The van der Waals surface area contributed by atoms with E-state index >= 15 is 0 Å². The number of unbranched alkanes of at least 4 members (excludes halogenated alkanes) is 1. The highest BCUT2D eigenvalue weighted by molar-refractivity contribution is 5.63. The minimum Gasteiger partial charge on any atom is -0.384 e. The second-order valence-corrected chi connectivity index (χ2v) is 3.78. The van der Waals surface area contributed by atoms with E-state index in [9.17, 15) is 0 Å². The number of hydrogen-bond donors (Lipinski definition) is 1. The predicted octanol–water partition coefficient (Wildman–Crippen LogP) is 3.47. The van der Waals surface area contributed by atoms with Gasteiger partial charge in [0.15, 0.2) is 0 Å². The molecule has 0 unspecified atom stereocenters. The Kier molecular flexibility index (Phi) is 2.87. The van der Waals surface area contributed by atoms with Crippen LogP contribution in [-0.2, 0) is 6.42 Å². The molecule has 0 amide bonds. The number of fused-ring (bicyclic) bond motifs is 1. The number of benzene rings is 1. The van der Waals surface area contributed by atoms with E-state index in [1.807, 2.05) is 0 Å². The molecule has 1 aliphatic heterocycles. The van der Waals surface area contributed by atoms with E-state index in [2.05, 4.69) is 42.6 Å². The number of hydrogen-bond acceptors (Lipinski definition) is 1. The third-order valence-corrected chi connectivity index (χ3v) is 2.61. The Labute approximate surface area is 85.8 Å². The van der Waals surface area contributed by atoms with Crippen molar-refractivity contribution < 1.29 is 0 Å². The van der Waals surface area contributed by atoms with E-state index < -0.39 is 0 Å². The predicted molar refractivity (Wildman–Crippen MR) is 62.6 cm³/mol. The summed E-state index contributed by atoms with van der Waals surface area (Å²) in [5, 5.41) is 3.40.